The molecule has 2 aliphatic rings. The molecule has 1 aromatic heterocycles. The number of carbonyl (C=O) groups excluding carboxylic acids is 1. The van der Waals surface area contributed by atoms with Crippen LogP contribution in [0.25, 0.3) is 0 Å². The van der Waals surface area contributed by atoms with E-state index in [1.807, 2.05) is 11.8 Å². The first-order valence-electron chi connectivity index (χ1n) is 7.54. The molecular formula is C15H23N5O. The normalized spacial score (nSPS) is 21.9. The van der Waals surface area contributed by atoms with Crippen molar-refractivity contribution in [3.05, 3.63) is 23.3 Å². The predicted molar refractivity (Wildman–Crippen MR) is 79.5 cm³/mol. The number of rotatable bonds is 3. The summed E-state index contributed by atoms with van der Waals surface area (Å²) in [6.07, 6.45) is 3.01. The van der Waals surface area contributed by atoms with Gasteiger partial charge >= 0.3 is 0 Å². The van der Waals surface area contributed by atoms with Gasteiger partial charge in [0, 0.05) is 31.8 Å². The number of nitrogens with one attached hydrogen (secondary N) is 1. The minimum absolute atomic E-state index is 0.205. The van der Waals surface area contributed by atoms with Crippen molar-refractivity contribution in [1.82, 2.24) is 25.0 Å². The van der Waals surface area contributed by atoms with Crippen molar-refractivity contribution in [1.29, 1.82) is 0 Å². The van der Waals surface area contributed by atoms with Crippen LogP contribution in [0.15, 0.2) is 11.6 Å². The van der Waals surface area contributed by atoms with Gasteiger partial charge in [-0.2, -0.15) is 5.10 Å². The molecule has 1 N–H and O–H groups in total. The Morgan fingerprint density at radius 2 is 2.00 bits per heavy atom. The molecule has 21 heavy (non-hydrogen) atoms. The van der Waals surface area contributed by atoms with Gasteiger partial charge in [0.25, 0.3) is 0 Å². The van der Waals surface area contributed by atoms with Crippen molar-refractivity contribution >= 4 is 5.91 Å². The number of nitrogens with zero attached hydrogens (tertiary/aromatic N) is 4. The van der Waals surface area contributed by atoms with Crippen LogP contribution in [-0.2, 0) is 11.3 Å². The van der Waals surface area contributed by atoms with E-state index in [9.17, 15) is 4.79 Å². The van der Waals surface area contributed by atoms with Crippen molar-refractivity contribution in [3.8, 4) is 0 Å². The molecule has 3 rings (SSSR count). The van der Waals surface area contributed by atoms with Gasteiger partial charge in [-0.25, -0.2) is 4.98 Å². The lowest BCUT2D eigenvalue weighted by Gasteiger charge is -2.38. The van der Waals surface area contributed by atoms with E-state index < -0.39 is 0 Å². The SMILES string of the molecule is Cc1nc(CN2CCN(C(=O)C3=CC(C)(C)C3)CC2)n[nH]1. The monoisotopic (exact) mass is 289 g/mol. The number of carbonyl (C=O) groups is 1. The number of aromatic nitrogens is 3. The molecule has 0 spiro atoms. The Morgan fingerprint density at radius 3 is 2.52 bits per heavy atom. The second-order valence-corrected chi connectivity index (χ2v) is 6.74. The van der Waals surface area contributed by atoms with E-state index in [1.54, 1.807) is 0 Å². The van der Waals surface area contributed by atoms with Crippen molar-refractivity contribution in [2.75, 3.05) is 26.2 Å². The highest BCUT2D eigenvalue weighted by atomic mass is 16.2. The first-order chi connectivity index (χ1) is 9.93. The molecule has 1 aromatic rings. The number of amides is 1. The van der Waals surface area contributed by atoms with Crippen molar-refractivity contribution in [2.45, 2.75) is 33.7 Å². The zero-order valence-electron chi connectivity index (χ0n) is 13.0. The fourth-order valence-corrected chi connectivity index (χ4v) is 3.04. The lowest BCUT2D eigenvalue weighted by atomic mass is 9.74. The average molecular weight is 289 g/mol. The van der Waals surface area contributed by atoms with E-state index in [1.165, 1.54) is 0 Å². The lowest BCUT2D eigenvalue weighted by Crippen LogP contribution is -2.49. The van der Waals surface area contributed by atoms with Gasteiger partial charge in [-0.1, -0.05) is 19.9 Å². The summed E-state index contributed by atoms with van der Waals surface area (Å²) in [7, 11) is 0. The smallest absolute Gasteiger partial charge is 0.249 e. The van der Waals surface area contributed by atoms with Crippen LogP contribution in [0.5, 0.6) is 0 Å². The minimum atomic E-state index is 0.205. The summed E-state index contributed by atoms with van der Waals surface area (Å²) >= 11 is 0. The van der Waals surface area contributed by atoms with Crippen LogP contribution in [0, 0.1) is 12.3 Å². The van der Waals surface area contributed by atoms with E-state index in [0.29, 0.717) is 0 Å². The molecule has 0 saturated carbocycles. The van der Waals surface area contributed by atoms with Crippen LogP contribution >= 0.6 is 0 Å². The van der Waals surface area contributed by atoms with E-state index in [4.69, 9.17) is 0 Å². The third-order valence-electron chi connectivity index (χ3n) is 4.15. The molecule has 6 nitrogen and oxygen atoms in total. The Morgan fingerprint density at radius 1 is 1.33 bits per heavy atom. The van der Waals surface area contributed by atoms with Crippen molar-refractivity contribution < 1.29 is 4.79 Å². The summed E-state index contributed by atoms with van der Waals surface area (Å²) in [6, 6.07) is 0. The number of aromatic amines is 1. The molecule has 1 amide bonds. The third kappa shape index (κ3) is 3.15. The van der Waals surface area contributed by atoms with Gasteiger partial charge in [0.1, 0.15) is 5.82 Å². The van der Waals surface area contributed by atoms with Crippen LogP contribution in [0.2, 0.25) is 0 Å². The summed E-state index contributed by atoms with van der Waals surface area (Å²) in [5.74, 6) is 1.90. The number of H-pyrrole nitrogens is 1. The molecule has 1 aliphatic carbocycles. The molecule has 0 radical (unpaired) electrons. The van der Waals surface area contributed by atoms with Crippen LogP contribution in [0.4, 0.5) is 0 Å². The molecule has 2 heterocycles. The molecule has 1 saturated heterocycles. The molecule has 1 aliphatic heterocycles. The molecule has 0 aromatic carbocycles. The average Bonchev–Trinajstić information content (AvgIpc) is 2.81. The Kier molecular flexibility index (Phi) is 3.57. The van der Waals surface area contributed by atoms with Gasteiger partial charge in [-0.15, -0.1) is 0 Å². The maximum Gasteiger partial charge on any atom is 0.249 e. The van der Waals surface area contributed by atoms with Gasteiger partial charge in [-0.3, -0.25) is 14.8 Å². The van der Waals surface area contributed by atoms with Gasteiger partial charge in [0.2, 0.25) is 5.91 Å². The Hall–Kier alpha value is -1.69. The highest BCUT2D eigenvalue weighted by Crippen LogP contribution is 2.38. The van der Waals surface area contributed by atoms with E-state index >= 15 is 0 Å². The Labute approximate surface area is 125 Å². The number of aryl methyl sites for hydroxylation is 1. The molecule has 0 atom stereocenters. The van der Waals surface area contributed by atoms with Crippen LogP contribution in [0.3, 0.4) is 0 Å². The largest absolute Gasteiger partial charge is 0.336 e. The van der Waals surface area contributed by atoms with Gasteiger partial charge in [0.05, 0.1) is 6.54 Å². The quantitative estimate of drug-likeness (QED) is 0.905. The highest BCUT2D eigenvalue weighted by Gasteiger charge is 2.34. The molecular weight excluding hydrogens is 266 g/mol. The molecule has 0 bridgehead atoms. The van der Waals surface area contributed by atoms with Gasteiger partial charge in [0.15, 0.2) is 5.82 Å². The fraction of sp³-hybridized carbons (Fsp3) is 0.667. The van der Waals surface area contributed by atoms with E-state index in [0.717, 1.165) is 56.4 Å². The molecule has 6 heteroatoms. The third-order valence-corrected chi connectivity index (χ3v) is 4.15. The summed E-state index contributed by atoms with van der Waals surface area (Å²) in [4.78, 5) is 20.9. The topological polar surface area (TPSA) is 65.1 Å². The lowest BCUT2D eigenvalue weighted by molar-refractivity contribution is -0.129. The zero-order chi connectivity index (χ0) is 15.0. The van der Waals surface area contributed by atoms with Crippen LogP contribution in [-0.4, -0.2) is 57.1 Å². The maximum absolute atomic E-state index is 12.3. The molecule has 1 fully saturated rings. The zero-order valence-corrected chi connectivity index (χ0v) is 13.0. The second kappa shape index (κ2) is 5.26. The summed E-state index contributed by atoms with van der Waals surface area (Å²) in [6.45, 7) is 10.3. The van der Waals surface area contributed by atoms with E-state index in [-0.39, 0.29) is 11.3 Å². The molecule has 114 valence electrons. The summed E-state index contributed by atoms with van der Waals surface area (Å²) in [5.41, 5.74) is 1.19. The summed E-state index contributed by atoms with van der Waals surface area (Å²) < 4.78 is 0. The number of hydrogen-bond donors (Lipinski definition) is 1. The Balaban J connectivity index is 1.50. The second-order valence-electron chi connectivity index (χ2n) is 6.74. The first-order valence-corrected chi connectivity index (χ1v) is 7.54. The first kappa shape index (κ1) is 14.3. The van der Waals surface area contributed by atoms with Crippen LogP contribution in [0.1, 0.15) is 31.9 Å². The van der Waals surface area contributed by atoms with Gasteiger partial charge < -0.3 is 4.90 Å². The minimum Gasteiger partial charge on any atom is -0.336 e. The number of piperazine rings is 1. The number of allylic oxidation sites excluding steroid dienone is 1. The highest BCUT2D eigenvalue weighted by molar-refractivity contribution is 5.95. The fourth-order valence-electron chi connectivity index (χ4n) is 3.04. The van der Waals surface area contributed by atoms with Gasteiger partial charge in [-0.05, 0) is 18.8 Å². The van der Waals surface area contributed by atoms with Crippen molar-refractivity contribution in [2.24, 2.45) is 5.41 Å². The predicted octanol–water partition coefficient (Wildman–Crippen LogP) is 1.11. The van der Waals surface area contributed by atoms with E-state index in [2.05, 4.69) is 40.0 Å². The molecule has 0 unspecified atom stereocenters. The number of hydrogen-bond acceptors (Lipinski definition) is 4. The summed E-state index contributed by atoms with van der Waals surface area (Å²) in [5, 5.41) is 7.03. The van der Waals surface area contributed by atoms with Crippen LogP contribution < -0.4 is 0 Å². The Bertz CT molecular complexity index is 566. The van der Waals surface area contributed by atoms with Crippen molar-refractivity contribution in [3.63, 3.8) is 0 Å². The standard InChI is InChI=1S/C15H23N5O/c1-11-16-13(18-17-11)10-19-4-6-20(7-5-19)14(21)12-8-15(2,3)9-12/h8H,4-7,9-10H2,1-3H3,(H,16,17,18). The maximum atomic E-state index is 12.3.